The van der Waals surface area contributed by atoms with Crippen LogP contribution >= 0.6 is 11.3 Å². The summed E-state index contributed by atoms with van der Waals surface area (Å²) in [4.78, 5) is 11.4. The first kappa shape index (κ1) is 11.0. The van der Waals surface area contributed by atoms with Crippen LogP contribution in [0.1, 0.15) is 6.92 Å². The molecule has 0 atom stereocenters. The van der Waals surface area contributed by atoms with E-state index in [0.29, 0.717) is 6.61 Å². The number of benzene rings is 1. The molecule has 2 rings (SSSR count). The molecule has 2 aromatic rings. The fourth-order valence-corrected chi connectivity index (χ4v) is 2.28. The normalized spacial score (nSPS) is 10.4. The minimum Gasteiger partial charge on any atom is -0.494 e. The second-order valence-corrected chi connectivity index (χ2v) is 4.22. The fraction of sp³-hybridized carbons (Fsp3) is 0.250. The predicted octanol–water partition coefficient (Wildman–Crippen LogP) is 2.51. The van der Waals surface area contributed by atoms with Crippen LogP contribution in [0.3, 0.4) is 0 Å². The summed E-state index contributed by atoms with van der Waals surface area (Å²) in [6, 6.07) is 7.76. The van der Waals surface area contributed by atoms with Gasteiger partial charge < -0.3 is 9.30 Å². The second-order valence-electron chi connectivity index (χ2n) is 3.40. The van der Waals surface area contributed by atoms with Crippen LogP contribution in [0.25, 0.3) is 11.3 Å². The number of hydrogen-bond acceptors (Lipinski definition) is 3. The van der Waals surface area contributed by atoms with Gasteiger partial charge >= 0.3 is 4.87 Å². The first-order chi connectivity index (χ1) is 7.72. The third-order valence-corrected chi connectivity index (χ3v) is 3.18. The predicted molar refractivity (Wildman–Crippen MR) is 66.2 cm³/mol. The van der Waals surface area contributed by atoms with Crippen molar-refractivity contribution in [2.24, 2.45) is 7.05 Å². The second kappa shape index (κ2) is 4.53. The molecular formula is C12H13NO2S. The average molecular weight is 235 g/mol. The van der Waals surface area contributed by atoms with Crippen LogP contribution in [0.15, 0.2) is 34.4 Å². The summed E-state index contributed by atoms with van der Waals surface area (Å²) in [5.74, 6) is 0.853. The van der Waals surface area contributed by atoms with Crippen LogP contribution in [0.2, 0.25) is 0 Å². The van der Waals surface area contributed by atoms with Gasteiger partial charge in [0.2, 0.25) is 0 Å². The highest BCUT2D eigenvalue weighted by molar-refractivity contribution is 7.07. The molecule has 0 fully saturated rings. The van der Waals surface area contributed by atoms with Gasteiger partial charge in [-0.1, -0.05) is 11.3 Å². The van der Waals surface area contributed by atoms with Gasteiger partial charge in [-0.3, -0.25) is 4.79 Å². The SMILES string of the molecule is CCOc1ccc(-c2csc(=O)n2C)cc1. The lowest BCUT2D eigenvalue weighted by molar-refractivity contribution is 0.340. The third kappa shape index (κ3) is 2.02. The molecule has 0 saturated carbocycles. The first-order valence-corrected chi connectivity index (χ1v) is 5.98. The van der Waals surface area contributed by atoms with E-state index in [4.69, 9.17) is 4.74 Å². The van der Waals surface area contributed by atoms with Crippen LogP contribution in [0, 0.1) is 0 Å². The van der Waals surface area contributed by atoms with E-state index in [1.165, 1.54) is 11.3 Å². The number of thiazole rings is 1. The molecule has 3 nitrogen and oxygen atoms in total. The maximum Gasteiger partial charge on any atom is 0.307 e. The highest BCUT2D eigenvalue weighted by atomic mass is 32.1. The van der Waals surface area contributed by atoms with Gasteiger partial charge in [-0.05, 0) is 36.8 Å². The molecule has 0 aliphatic rings. The van der Waals surface area contributed by atoms with Gasteiger partial charge in [0, 0.05) is 12.4 Å². The molecular weight excluding hydrogens is 222 g/mol. The molecule has 0 bridgehead atoms. The van der Waals surface area contributed by atoms with Gasteiger partial charge in [0.15, 0.2) is 0 Å². The van der Waals surface area contributed by atoms with Gasteiger partial charge in [-0.2, -0.15) is 0 Å². The molecule has 4 heteroatoms. The molecule has 84 valence electrons. The van der Waals surface area contributed by atoms with E-state index < -0.39 is 0 Å². The molecule has 0 aliphatic carbocycles. The minimum atomic E-state index is 0.0592. The van der Waals surface area contributed by atoms with E-state index in [1.54, 1.807) is 11.6 Å². The van der Waals surface area contributed by atoms with Crippen LogP contribution in [-0.2, 0) is 7.05 Å². The largest absolute Gasteiger partial charge is 0.494 e. The van der Waals surface area contributed by atoms with E-state index in [2.05, 4.69) is 0 Å². The average Bonchev–Trinajstić information content (AvgIpc) is 2.62. The Labute approximate surface area is 97.9 Å². The molecule has 0 amide bonds. The summed E-state index contributed by atoms with van der Waals surface area (Å²) in [6.07, 6.45) is 0. The van der Waals surface area contributed by atoms with E-state index >= 15 is 0 Å². The highest BCUT2D eigenvalue weighted by Crippen LogP contribution is 2.22. The lowest BCUT2D eigenvalue weighted by Crippen LogP contribution is -2.08. The third-order valence-electron chi connectivity index (χ3n) is 2.37. The molecule has 1 aromatic heterocycles. The summed E-state index contributed by atoms with van der Waals surface area (Å²) < 4.78 is 7.02. The zero-order chi connectivity index (χ0) is 11.5. The topological polar surface area (TPSA) is 31.2 Å². The van der Waals surface area contributed by atoms with Crippen molar-refractivity contribution in [3.05, 3.63) is 39.3 Å². The zero-order valence-corrected chi connectivity index (χ0v) is 10.1. The molecule has 0 radical (unpaired) electrons. The molecule has 16 heavy (non-hydrogen) atoms. The van der Waals surface area contributed by atoms with Crippen LogP contribution in [0.4, 0.5) is 0 Å². The minimum absolute atomic E-state index is 0.0592. The Bertz CT molecular complexity index is 525. The Morgan fingerprint density at radius 3 is 2.50 bits per heavy atom. The summed E-state index contributed by atoms with van der Waals surface area (Å²) in [5.41, 5.74) is 1.97. The lowest BCUT2D eigenvalue weighted by Gasteiger charge is -2.05. The maximum atomic E-state index is 11.3. The summed E-state index contributed by atoms with van der Waals surface area (Å²) in [7, 11) is 1.78. The number of nitrogens with zero attached hydrogens (tertiary/aromatic N) is 1. The van der Waals surface area contributed by atoms with Crippen molar-refractivity contribution < 1.29 is 4.74 Å². The van der Waals surface area contributed by atoms with E-state index in [-0.39, 0.29) is 4.87 Å². The molecule has 0 aliphatic heterocycles. The Balaban J connectivity index is 2.35. The Hall–Kier alpha value is -1.55. The quantitative estimate of drug-likeness (QED) is 0.818. The van der Waals surface area contributed by atoms with Crippen molar-refractivity contribution in [3.63, 3.8) is 0 Å². The van der Waals surface area contributed by atoms with E-state index in [9.17, 15) is 4.79 Å². The van der Waals surface area contributed by atoms with Crippen molar-refractivity contribution in [2.75, 3.05) is 6.61 Å². The van der Waals surface area contributed by atoms with Gasteiger partial charge in [0.1, 0.15) is 5.75 Å². The molecule has 1 heterocycles. The number of ether oxygens (including phenoxy) is 1. The van der Waals surface area contributed by atoms with E-state index in [0.717, 1.165) is 17.0 Å². The number of aromatic nitrogens is 1. The first-order valence-electron chi connectivity index (χ1n) is 5.10. The van der Waals surface area contributed by atoms with Crippen LogP contribution < -0.4 is 9.61 Å². The zero-order valence-electron chi connectivity index (χ0n) is 9.27. The van der Waals surface area contributed by atoms with Gasteiger partial charge in [0.05, 0.1) is 12.3 Å². The Morgan fingerprint density at radius 2 is 2.00 bits per heavy atom. The fourth-order valence-electron chi connectivity index (χ4n) is 1.51. The molecule has 0 spiro atoms. The number of hydrogen-bond donors (Lipinski definition) is 0. The maximum absolute atomic E-state index is 11.3. The molecule has 0 N–H and O–H groups in total. The molecule has 0 unspecified atom stereocenters. The van der Waals surface area contributed by atoms with Crippen LogP contribution in [-0.4, -0.2) is 11.2 Å². The van der Waals surface area contributed by atoms with Crippen molar-refractivity contribution in [3.8, 4) is 17.0 Å². The van der Waals surface area contributed by atoms with Crippen molar-refractivity contribution in [2.45, 2.75) is 6.92 Å². The standard InChI is InChI=1S/C12H13NO2S/c1-3-15-10-6-4-9(5-7-10)11-8-16-12(14)13(11)2/h4-8H,3H2,1-2H3. The summed E-state index contributed by atoms with van der Waals surface area (Å²) in [6.45, 7) is 2.62. The van der Waals surface area contributed by atoms with E-state index in [1.807, 2.05) is 36.6 Å². The van der Waals surface area contributed by atoms with Gasteiger partial charge in [-0.15, -0.1) is 0 Å². The summed E-state index contributed by atoms with van der Waals surface area (Å²) >= 11 is 1.22. The highest BCUT2D eigenvalue weighted by Gasteiger charge is 2.05. The van der Waals surface area contributed by atoms with Gasteiger partial charge in [0.25, 0.3) is 0 Å². The number of rotatable bonds is 3. The summed E-state index contributed by atoms with van der Waals surface area (Å²) in [5, 5.41) is 1.87. The molecule has 0 saturated heterocycles. The molecule has 1 aromatic carbocycles. The van der Waals surface area contributed by atoms with Crippen molar-refractivity contribution >= 4 is 11.3 Å². The van der Waals surface area contributed by atoms with Crippen LogP contribution in [0.5, 0.6) is 5.75 Å². The smallest absolute Gasteiger partial charge is 0.307 e. The van der Waals surface area contributed by atoms with Gasteiger partial charge in [-0.25, -0.2) is 0 Å². The Kier molecular flexibility index (Phi) is 3.10. The Morgan fingerprint density at radius 1 is 1.31 bits per heavy atom. The van der Waals surface area contributed by atoms with Crippen molar-refractivity contribution in [1.82, 2.24) is 4.57 Å². The monoisotopic (exact) mass is 235 g/mol. The van der Waals surface area contributed by atoms with Crippen molar-refractivity contribution in [1.29, 1.82) is 0 Å². The lowest BCUT2D eigenvalue weighted by atomic mass is 10.1.